The van der Waals surface area contributed by atoms with Gasteiger partial charge in [0.15, 0.2) is 0 Å². The van der Waals surface area contributed by atoms with Gasteiger partial charge in [0.2, 0.25) is 0 Å². The number of pyridine rings is 1. The summed E-state index contributed by atoms with van der Waals surface area (Å²) in [6.45, 7) is 5.95. The molecule has 1 aliphatic heterocycles. The molecular formula is C16H26N4O2. The lowest BCUT2D eigenvalue weighted by molar-refractivity contribution is 0.0309. The van der Waals surface area contributed by atoms with E-state index in [1.165, 1.54) is 0 Å². The Labute approximate surface area is 132 Å². The van der Waals surface area contributed by atoms with E-state index in [0.717, 1.165) is 38.5 Å². The number of nitrogens with one attached hydrogen (secondary N) is 1. The number of anilines is 1. The van der Waals surface area contributed by atoms with E-state index >= 15 is 0 Å². The number of hydrogen-bond acceptors (Lipinski definition) is 5. The van der Waals surface area contributed by atoms with Crippen molar-refractivity contribution in [1.82, 2.24) is 15.2 Å². The highest BCUT2D eigenvalue weighted by atomic mass is 16.5. The van der Waals surface area contributed by atoms with E-state index in [2.05, 4.69) is 34.2 Å². The van der Waals surface area contributed by atoms with Crippen LogP contribution in [0.3, 0.4) is 0 Å². The molecule has 0 aromatic carbocycles. The smallest absolute Gasteiger partial charge is 0.252 e. The Morgan fingerprint density at radius 3 is 2.95 bits per heavy atom. The second-order valence-electron chi connectivity index (χ2n) is 5.80. The molecule has 6 nitrogen and oxygen atoms in total. The molecule has 122 valence electrons. The number of aromatic nitrogens is 1. The number of morpholine rings is 1. The molecule has 0 aliphatic carbocycles. The Morgan fingerprint density at radius 2 is 2.32 bits per heavy atom. The van der Waals surface area contributed by atoms with Crippen LogP contribution in [0, 0.1) is 0 Å². The summed E-state index contributed by atoms with van der Waals surface area (Å²) < 4.78 is 5.81. The molecule has 1 saturated heterocycles. The van der Waals surface area contributed by atoms with E-state index in [0.29, 0.717) is 12.1 Å². The minimum Gasteiger partial charge on any atom is -0.374 e. The highest BCUT2D eigenvalue weighted by Crippen LogP contribution is 2.17. The third-order valence-electron chi connectivity index (χ3n) is 3.71. The molecule has 1 N–H and O–H groups in total. The molecule has 1 fully saturated rings. The monoisotopic (exact) mass is 306 g/mol. The molecule has 0 saturated carbocycles. The Hall–Kier alpha value is -1.66. The molecule has 1 amide bonds. The van der Waals surface area contributed by atoms with Crippen molar-refractivity contribution in [3.63, 3.8) is 0 Å². The maximum Gasteiger partial charge on any atom is 0.252 e. The first-order valence-corrected chi connectivity index (χ1v) is 7.85. The standard InChI is InChI=1S/C16H26N4O2/c1-4-17-16(21)13-5-6-15(18-11-13)20-9-10-22-14(12-20)7-8-19(2)3/h5-6,11,14H,4,7-10,12H2,1-3H3,(H,17,21)/t14-/m1/s1. The summed E-state index contributed by atoms with van der Waals surface area (Å²) in [4.78, 5) is 20.6. The largest absolute Gasteiger partial charge is 0.374 e. The van der Waals surface area contributed by atoms with Gasteiger partial charge in [0.1, 0.15) is 5.82 Å². The van der Waals surface area contributed by atoms with Crippen LogP contribution in [0.15, 0.2) is 18.3 Å². The molecule has 2 heterocycles. The number of amides is 1. The maximum atomic E-state index is 11.7. The van der Waals surface area contributed by atoms with Gasteiger partial charge in [-0.1, -0.05) is 0 Å². The van der Waals surface area contributed by atoms with Gasteiger partial charge in [-0.05, 0) is 39.6 Å². The van der Waals surface area contributed by atoms with Gasteiger partial charge in [-0.15, -0.1) is 0 Å². The van der Waals surface area contributed by atoms with Crippen LogP contribution in [-0.2, 0) is 4.74 Å². The van der Waals surface area contributed by atoms with Gasteiger partial charge < -0.3 is 19.9 Å². The van der Waals surface area contributed by atoms with Gasteiger partial charge in [-0.2, -0.15) is 0 Å². The molecule has 1 aromatic rings. The van der Waals surface area contributed by atoms with Crippen LogP contribution >= 0.6 is 0 Å². The minimum absolute atomic E-state index is 0.0765. The van der Waals surface area contributed by atoms with E-state index in [9.17, 15) is 4.79 Å². The van der Waals surface area contributed by atoms with Crippen LogP contribution in [0.4, 0.5) is 5.82 Å². The molecule has 0 radical (unpaired) electrons. The fourth-order valence-electron chi connectivity index (χ4n) is 2.47. The number of nitrogens with zero attached hydrogens (tertiary/aromatic N) is 3. The highest BCUT2D eigenvalue weighted by Gasteiger charge is 2.21. The molecule has 0 bridgehead atoms. The molecule has 0 unspecified atom stereocenters. The first kappa shape index (κ1) is 16.7. The summed E-state index contributed by atoms with van der Waals surface area (Å²) in [6, 6.07) is 3.75. The van der Waals surface area contributed by atoms with E-state index in [1.807, 2.05) is 19.1 Å². The summed E-state index contributed by atoms with van der Waals surface area (Å²) in [5, 5.41) is 2.78. The zero-order chi connectivity index (χ0) is 15.9. The van der Waals surface area contributed by atoms with Crippen molar-refractivity contribution < 1.29 is 9.53 Å². The zero-order valence-corrected chi connectivity index (χ0v) is 13.7. The molecular weight excluding hydrogens is 280 g/mol. The van der Waals surface area contributed by atoms with Crippen molar-refractivity contribution in [3.05, 3.63) is 23.9 Å². The Balaban J connectivity index is 1.94. The average molecular weight is 306 g/mol. The Kier molecular flexibility index (Phi) is 6.15. The third-order valence-corrected chi connectivity index (χ3v) is 3.71. The molecule has 22 heavy (non-hydrogen) atoms. The minimum atomic E-state index is -0.0765. The van der Waals surface area contributed by atoms with Crippen LogP contribution in [0.5, 0.6) is 0 Å². The van der Waals surface area contributed by atoms with Crippen LogP contribution in [0.25, 0.3) is 0 Å². The SMILES string of the molecule is CCNC(=O)c1ccc(N2CCO[C@H](CCN(C)C)C2)nc1. The second-order valence-corrected chi connectivity index (χ2v) is 5.80. The van der Waals surface area contributed by atoms with Crippen LogP contribution < -0.4 is 10.2 Å². The average Bonchev–Trinajstić information content (AvgIpc) is 2.53. The van der Waals surface area contributed by atoms with Crippen molar-refractivity contribution in [3.8, 4) is 0 Å². The highest BCUT2D eigenvalue weighted by molar-refractivity contribution is 5.93. The lowest BCUT2D eigenvalue weighted by Gasteiger charge is -2.34. The van der Waals surface area contributed by atoms with Crippen molar-refractivity contribution in [2.45, 2.75) is 19.4 Å². The van der Waals surface area contributed by atoms with Crippen molar-refractivity contribution in [1.29, 1.82) is 0 Å². The van der Waals surface area contributed by atoms with Crippen LogP contribution in [0.1, 0.15) is 23.7 Å². The van der Waals surface area contributed by atoms with E-state index < -0.39 is 0 Å². The quantitative estimate of drug-likeness (QED) is 0.849. The molecule has 6 heteroatoms. The third kappa shape index (κ3) is 4.68. The van der Waals surface area contributed by atoms with Gasteiger partial charge >= 0.3 is 0 Å². The van der Waals surface area contributed by atoms with Gasteiger partial charge in [0.05, 0.1) is 18.3 Å². The van der Waals surface area contributed by atoms with Crippen molar-refractivity contribution in [2.75, 3.05) is 51.8 Å². The molecule has 1 atom stereocenters. The lowest BCUT2D eigenvalue weighted by atomic mass is 10.2. The van der Waals surface area contributed by atoms with E-state index in [4.69, 9.17) is 4.74 Å². The summed E-state index contributed by atoms with van der Waals surface area (Å²) in [6.07, 6.45) is 2.89. The fraction of sp³-hybridized carbons (Fsp3) is 0.625. The lowest BCUT2D eigenvalue weighted by Crippen LogP contribution is -2.43. The molecule has 1 aliphatic rings. The number of hydrogen-bond donors (Lipinski definition) is 1. The fourth-order valence-corrected chi connectivity index (χ4v) is 2.47. The summed E-state index contributed by atoms with van der Waals surface area (Å²) in [7, 11) is 4.14. The molecule has 2 rings (SSSR count). The van der Waals surface area contributed by atoms with Crippen molar-refractivity contribution >= 4 is 11.7 Å². The topological polar surface area (TPSA) is 57.7 Å². The summed E-state index contributed by atoms with van der Waals surface area (Å²) in [5.41, 5.74) is 0.600. The molecule has 0 spiro atoms. The van der Waals surface area contributed by atoms with Gasteiger partial charge in [-0.25, -0.2) is 4.98 Å². The van der Waals surface area contributed by atoms with Gasteiger partial charge in [-0.3, -0.25) is 4.79 Å². The van der Waals surface area contributed by atoms with Crippen LogP contribution in [-0.4, -0.2) is 68.8 Å². The van der Waals surface area contributed by atoms with Gasteiger partial charge in [0, 0.05) is 32.4 Å². The number of rotatable bonds is 6. The predicted octanol–water partition coefficient (Wildman–Crippen LogP) is 0.988. The number of carbonyl (C=O) groups is 1. The Morgan fingerprint density at radius 1 is 1.50 bits per heavy atom. The first-order chi connectivity index (χ1) is 10.6. The van der Waals surface area contributed by atoms with Gasteiger partial charge in [0.25, 0.3) is 5.91 Å². The van der Waals surface area contributed by atoms with Crippen molar-refractivity contribution in [2.24, 2.45) is 0 Å². The second kappa shape index (κ2) is 8.10. The van der Waals surface area contributed by atoms with E-state index in [1.54, 1.807) is 6.20 Å². The maximum absolute atomic E-state index is 11.7. The number of carbonyl (C=O) groups excluding carboxylic acids is 1. The zero-order valence-electron chi connectivity index (χ0n) is 13.7. The summed E-state index contributed by atoms with van der Waals surface area (Å²) in [5.74, 6) is 0.832. The Bertz CT molecular complexity index is 476. The number of ether oxygens (including phenoxy) is 1. The summed E-state index contributed by atoms with van der Waals surface area (Å²) >= 11 is 0. The normalized spacial score (nSPS) is 18.5. The molecule has 1 aromatic heterocycles. The van der Waals surface area contributed by atoms with Crippen LogP contribution in [0.2, 0.25) is 0 Å². The van der Waals surface area contributed by atoms with E-state index in [-0.39, 0.29) is 12.0 Å². The first-order valence-electron chi connectivity index (χ1n) is 7.85. The predicted molar refractivity (Wildman–Crippen MR) is 87.4 cm³/mol.